The molecule has 5 heteroatoms. The Labute approximate surface area is 100 Å². The predicted octanol–water partition coefficient (Wildman–Crippen LogP) is 1.67. The molecule has 4 nitrogen and oxygen atoms in total. The van der Waals surface area contributed by atoms with E-state index in [1.165, 1.54) is 11.8 Å². The first-order chi connectivity index (χ1) is 7.59. The molecule has 0 radical (unpaired) electrons. The Bertz CT molecular complexity index is 355. The van der Waals surface area contributed by atoms with Gasteiger partial charge in [0.05, 0.1) is 5.69 Å². The number of hydrogen-bond acceptors (Lipinski definition) is 4. The minimum absolute atomic E-state index is 0.0667. The van der Waals surface area contributed by atoms with Gasteiger partial charge in [-0.05, 0) is 26.0 Å². The van der Waals surface area contributed by atoms with Crippen molar-refractivity contribution in [1.29, 1.82) is 0 Å². The van der Waals surface area contributed by atoms with Crippen LogP contribution in [-0.4, -0.2) is 22.7 Å². The van der Waals surface area contributed by atoms with Crippen LogP contribution in [0.4, 0.5) is 5.69 Å². The van der Waals surface area contributed by atoms with Gasteiger partial charge in [-0.15, -0.1) is 11.8 Å². The Morgan fingerprint density at radius 1 is 1.62 bits per heavy atom. The Morgan fingerprint density at radius 2 is 2.38 bits per heavy atom. The van der Waals surface area contributed by atoms with Crippen LogP contribution in [0.5, 0.6) is 0 Å². The van der Waals surface area contributed by atoms with E-state index in [-0.39, 0.29) is 11.9 Å². The molecule has 88 valence electrons. The van der Waals surface area contributed by atoms with Crippen LogP contribution in [-0.2, 0) is 4.79 Å². The Kier molecular flexibility index (Phi) is 5.11. The lowest BCUT2D eigenvalue weighted by Gasteiger charge is -2.08. The van der Waals surface area contributed by atoms with Crippen molar-refractivity contribution < 1.29 is 4.79 Å². The maximum Gasteiger partial charge on any atom is 0.221 e. The average Bonchev–Trinajstić information content (AvgIpc) is 2.19. The number of carbonyl (C=O) groups excluding carboxylic acids is 1. The Hall–Kier alpha value is -1.23. The van der Waals surface area contributed by atoms with E-state index >= 15 is 0 Å². The van der Waals surface area contributed by atoms with Crippen molar-refractivity contribution in [2.24, 2.45) is 0 Å². The minimum atomic E-state index is 0.0667. The van der Waals surface area contributed by atoms with Crippen LogP contribution in [0.3, 0.4) is 0 Å². The second-order valence-electron chi connectivity index (χ2n) is 3.72. The second-order valence-corrected chi connectivity index (χ2v) is 4.80. The number of carbonyl (C=O) groups is 1. The van der Waals surface area contributed by atoms with Gasteiger partial charge in [0.25, 0.3) is 0 Å². The van der Waals surface area contributed by atoms with E-state index in [4.69, 9.17) is 5.73 Å². The first kappa shape index (κ1) is 12.8. The fraction of sp³-hybridized carbons (Fsp3) is 0.455. The summed E-state index contributed by atoms with van der Waals surface area (Å²) in [5, 5.41) is 3.63. The number of nitrogens with two attached hydrogens (primary N) is 1. The van der Waals surface area contributed by atoms with Crippen molar-refractivity contribution in [3.05, 3.63) is 18.3 Å². The highest BCUT2D eigenvalue weighted by molar-refractivity contribution is 7.99. The fourth-order valence-electron chi connectivity index (χ4n) is 1.16. The topological polar surface area (TPSA) is 68.0 Å². The Balaban J connectivity index is 2.31. The molecule has 0 aliphatic carbocycles. The van der Waals surface area contributed by atoms with Gasteiger partial charge in [0.15, 0.2) is 0 Å². The zero-order chi connectivity index (χ0) is 12.0. The molecule has 1 amide bonds. The monoisotopic (exact) mass is 239 g/mol. The summed E-state index contributed by atoms with van der Waals surface area (Å²) in [6.45, 7) is 3.89. The van der Waals surface area contributed by atoms with E-state index in [2.05, 4.69) is 10.3 Å². The molecule has 0 saturated carbocycles. The molecule has 0 bridgehead atoms. The summed E-state index contributed by atoms with van der Waals surface area (Å²) in [6.07, 6.45) is 2.19. The number of pyridine rings is 1. The maximum absolute atomic E-state index is 11.4. The van der Waals surface area contributed by atoms with Crippen LogP contribution < -0.4 is 11.1 Å². The molecule has 0 aliphatic heterocycles. The third kappa shape index (κ3) is 4.53. The lowest BCUT2D eigenvalue weighted by atomic mass is 10.3. The van der Waals surface area contributed by atoms with E-state index in [1.807, 2.05) is 19.9 Å². The maximum atomic E-state index is 11.4. The van der Waals surface area contributed by atoms with Crippen LogP contribution in [0.25, 0.3) is 0 Å². The number of thioether (sulfide) groups is 1. The molecule has 1 rings (SSSR count). The average molecular weight is 239 g/mol. The molecule has 0 aliphatic rings. The molecular formula is C11H17N3OS. The van der Waals surface area contributed by atoms with Crippen molar-refractivity contribution in [2.75, 3.05) is 11.5 Å². The van der Waals surface area contributed by atoms with E-state index in [0.717, 1.165) is 5.03 Å². The van der Waals surface area contributed by atoms with Gasteiger partial charge in [0, 0.05) is 24.4 Å². The van der Waals surface area contributed by atoms with Gasteiger partial charge < -0.3 is 11.1 Å². The van der Waals surface area contributed by atoms with Crippen molar-refractivity contribution in [3.63, 3.8) is 0 Å². The summed E-state index contributed by atoms with van der Waals surface area (Å²) in [4.78, 5) is 15.5. The molecule has 3 N–H and O–H groups in total. The lowest BCUT2D eigenvalue weighted by Crippen LogP contribution is -2.30. The molecule has 1 aromatic heterocycles. The molecule has 0 aromatic carbocycles. The van der Waals surface area contributed by atoms with Crippen LogP contribution in [0.1, 0.15) is 20.3 Å². The molecule has 0 fully saturated rings. The molecule has 0 unspecified atom stereocenters. The van der Waals surface area contributed by atoms with E-state index in [1.54, 1.807) is 12.3 Å². The van der Waals surface area contributed by atoms with Gasteiger partial charge in [0.2, 0.25) is 5.91 Å². The van der Waals surface area contributed by atoms with Gasteiger partial charge in [0.1, 0.15) is 5.03 Å². The zero-order valence-corrected chi connectivity index (χ0v) is 10.4. The fourth-order valence-corrected chi connectivity index (χ4v) is 2.01. The van der Waals surface area contributed by atoms with Gasteiger partial charge >= 0.3 is 0 Å². The van der Waals surface area contributed by atoms with Crippen LogP contribution in [0.15, 0.2) is 23.4 Å². The van der Waals surface area contributed by atoms with E-state index < -0.39 is 0 Å². The van der Waals surface area contributed by atoms with Gasteiger partial charge in [-0.25, -0.2) is 4.98 Å². The number of amides is 1. The predicted molar refractivity (Wildman–Crippen MR) is 67.3 cm³/mol. The smallest absolute Gasteiger partial charge is 0.221 e. The number of hydrogen-bond donors (Lipinski definition) is 2. The molecule has 0 saturated heterocycles. The van der Waals surface area contributed by atoms with Gasteiger partial charge in [-0.1, -0.05) is 0 Å². The number of rotatable bonds is 5. The summed E-state index contributed by atoms with van der Waals surface area (Å²) in [6, 6.07) is 3.80. The highest BCUT2D eigenvalue weighted by Crippen LogP contribution is 2.21. The quantitative estimate of drug-likeness (QED) is 0.767. The molecule has 1 aromatic rings. The summed E-state index contributed by atoms with van der Waals surface area (Å²) < 4.78 is 0. The standard InChI is InChI=1S/C11H17N3OS/c1-8(2)14-10(15)5-7-16-11-9(12)4-3-6-13-11/h3-4,6,8H,5,7,12H2,1-2H3,(H,14,15). The molecule has 0 atom stereocenters. The van der Waals surface area contributed by atoms with Gasteiger partial charge in [-0.3, -0.25) is 4.79 Å². The van der Waals surface area contributed by atoms with Crippen LogP contribution in [0.2, 0.25) is 0 Å². The second kappa shape index (κ2) is 6.37. The van der Waals surface area contributed by atoms with E-state index in [0.29, 0.717) is 17.9 Å². The highest BCUT2D eigenvalue weighted by atomic mass is 32.2. The lowest BCUT2D eigenvalue weighted by molar-refractivity contribution is -0.121. The zero-order valence-electron chi connectivity index (χ0n) is 9.56. The van der Waals surface area contributed by atoms with Crippen LogP contribution >= 0.6 is 11.8 Å². The first-order valence-corrected chi connectivity index (χ1v) is 6.21. The van der Waals surface area contributed by atoms with Crippen molar-refractivity contribution >= 4 is 23.4 Å². The SMILES string of the molecule is CC(C)NC(=O)CCSc1ncccc1N. The number of nitrogens with zero attached hydrogens (tertiary/aromatic N) is 1. The van der Waals surface area contributed by atoms with Gasteiger partial charge in [-0.2, -0.15) is 0 Å². The summed E-state index contributed by atoms with van der Waals surface area (Å²) in [7, 11) is 0. The van der Waals surface area contributed by atoms with Crippen molar-refractivity contribution in [3.8, 4) is 0 Å². The van der Waals surface area contributed by atoms with E-state index in [9.17, 15) is 4.79 Å². The molecule has 1 heterocycles. The number of anilines is 1. The van der Waals surface area contributed by atoms with Crippen molar-refractivity contribution in [2.45, 2.75) is 31.3 Å². The Morgan fingerprint density at radius 3 is 3.00 bits per heavy atom. The largest absolute Gasteiger partial charge is 0.397 e. The summed E-state index contributed by atoms with van der Waals surface area (Å²) in [5.74, 6) is 0.761. The number of aromatic nitrogens is 1. The molecule has 0 spiro atoms. The summed E-state index contributed by atoms with van der Waals surface area (Å²) >= 11 is 1.51. The first-order valence-electron chi connectivity index (χ1n) is 5.22. The number of nitrogens with one attached hydrogen (secondary N) is 1. The van der Waals surface area contributed by atoms with Crippen molar-refractivity contribution in [1.82, 2.24) is 10.3 Å². The third-order valence-corrected chi connectivity index (χ3v) is 2.84. The molecular weight excluding hydrogens is 222 g/mol. The normalized spacial score (nSPS) is 10.4. The molecule has 16 heavy (non-hydrogen) atoms. The number of nitrogen functional groups attached to an aromatic ring is 1. The third-order valence-electron chi connectivity index (χ3n) is 1.82. The summed E-state index contributed by atoms with van der Waals surface area (Å²) in [5.41, 5.74) is 6.40. The minimum Gasteiger partial charge on any atom is -0.397 e. The van der Waals surface area contributed by atoms with Crippen LogP contribution in [0, 0.1) is 0 Å². The highest BCUT2D eigenvalue weighted by Gasteiger charge is 2.05.